The molecule has 0 saturated carbocycles. The number of rotatable bonds is 2. The van der Waals surface area contributed by atoms with Gasteiger partial charge in [-0.05, 0) is 19.4 Å². The predicted molar refractivity (Wildman–Crippen MR) is 43.0 cm³/mol. The van der Waals surface area contributed by atoms with Gasteiger partial charge in [-0.1, -0.05) is 20.8 Å². The van der Waals surface area contributed by atoms with Crippen LogP contribution >= 0.6 is 0 Å². The number of hydrogen-bond donors (Lipinski definition) is 1. The molecule has 0 unspecified atom stereocenters. The number of likely N-dealkylation sites (N-methyl/N-ethyl adjacent to an activating group) is 1. The van der Waals surface area contributed by atoms with Gasteiger partial charge >= 0.3 is 0 Å². The van der Waals surface area contributed by atoms with E-state index >= 15 is 0 Å². The van der Waals surface area contributed by atoms with Gasteiger partial charge in [0.05, 0.1) is 6.04 Å². The van der Waals surface area contributed by atoms with Crippen molar-refractivity contribution in [2.24, 2.45) is 5.41 Å². The number of nitrogens with one attached hydrogen (secondary N) is 1. The maximum atomic E-state index is 11.0. The van der Waals surface area contributed by atoms with Crippen LogP contribution in [0.15, 0.2) is 0 Å². The van der Waals surface area contributed by atoms with Crippen LogP contribution in [0.4, 0.5) is 0 Å². The summed E-state index contributed by atoms with van der Waals surface area (Å²) in [6.45, 7) is 7.77. The van der Waals surface area contributed by atoms with Gasteiger partial charge in [-0.25, -0.2) is 0 Å². The van der Waals surface area contributed by atoms with E-state index in [2.05, 4.69) is 26.1 Å². The van der Waals surface area contributed by atoms with Gasteiger partial charge in [0.1, 0.15) is 5.78 Å². The van der Waals surface area contributed by atoms with Crippen molar-refractivity contribution in [3.8, 4) is 0 Å². The molecule has 0 amide bonds. The smallest absolute Gasteiger partial charge is 0.147 e. The van der Waals surface area contributed by atoms with E-state index in [1.165, 1.54) is 0 Å². The first-order valence-electron chi connectivity index (χ1n) is 3.57. The third-order valence-electron chi connectivity index (χ3n) is 1.56. The van der Waals surface area contributed by atoms with E-state index in [1.807, 2.05) is 7.05 Å². The molecule has 60 valence electrons. The molecule has 0 fully saturated rings. The number of Topliss-reactive ketones (excluding diaryl/α,β-unsaturated/α-hetero) is 1. The van der Waals surface area contributed by atoms with E-state index in [9.17, 15) is 4.79 Å². The highest BCUT2D eigenvalue weighted by molar-refractivity contribution is 5.82. The van der Waals surface area contributed by atoms with Crippen LogP contribution in [0.5, 0.6) is 0 Å². The summed E-state index contributed by atoms with van der Waals surface area (Å²) in [7, 11) is 1.82. The van der Waals surface area contributed by atoms with Gasteiger partial charge in [-0.15, -0.1) is 0 Å². The average Bonchev–Trinajstić information content (AvgIpc) is 1.60. The molecule has 2 heteroatoms. The molecule has 0 aromatic carbocycles. The Morgan fingerprint density at radius 1 is 1.40 bits per heavy atom. The van der Waals surface area contributed by atoms with Gasteiger partial charge in [0.15, 0.2) is 0 Å². The highest BCUT2D eigenvalue weighted by atomic mass is 16.1. The molecule has 0 aromatic heterocycles. The Bertz CT molecular complexity index is 124. The molecule has 0 heterocycles. The largest absolute Gasteiger partial charge is 0.310 e. The molecule has 0 aliphatic carbocycles. The minimum absolute atomic E-state index is 0.0208. The van der Waals surface area contributed by atoms with Crippen LogP contribution in [-0.2, 0) is 4.79 Å². The van der Waals surface area contributed by atoms with Crippen LogP contribution in [0.2, 0.25) is 0 Å². The third kappa shape index (κ3) is 2.48. The van der Waals surface area contributed by atoms with Crippen LogP contribution in [0.1, 0.15) is 27.7 Å². The Balaban J connectivity index is 4.22. The van der Waals surface area contributed by atoms with Crippen molar-refractivity contribution in [1.82, 2.24) is 5.32 Å². The number of ketones is 1. The Hall–Kier alpha value is -0.370. The van der Waals surface area contributed by atoms with E-state index < -0.39 is 0 Å². The normalized spacial score (nSPS) is 14.9. The molecule has 10 heavy (non-hydrogen) atoms. The van der Waals surface area contributed by atoms with Gasteiger partial charge in [-0.3, -0.25) is 4.79 Å². The molecular weight excluding hydrogens is 126 g/mol. The lowest BCUT2D eigenvalue weighted by Gasteiger charge is -2.27. The lowest BCUT2D eigenvalue weighted by molar-refractivity contribution is -0.121. The second-order valence-corrected chi connectivity index (χ2v) is 3.70. The maximum Gasteiger partial charge on any atom is 0.147 e. The van der Waals surface area contributed by atoms with E-state index in [1.54, 1.807) is 6.92 Å². The monoisotopic (exact) mass is 143 g/mol. The van der Waals surface area contributed by atoms with Crippen LogP contribution in [0.25, 0.3) is 0 Å². The summed E-state index contributed by atoms with van der Waals surface area (Å²) >= 11 is 0. The second kappa shape index (κ2) is 3.15. The van der Waals surface area contributed by atoms with Crippen LogP contribution < -0.4 is 5.32 Å². The Morgan fingerprint density at radius 3 is 1.80 bits per heavy atom. The molecule has 0 aliphatic rings. The molecule has 0 bridgehead atoms. The third-order valence-corrected chi connectivity index (χ3v) is 1.56. The number of carbonyl (C=O) groups is 1. The molecular formula is C8H17NO. The van der Waals surface area contributed by atoms with Crippen molar-refractivity contribution in [2.45, 2.75) is 33.7 Å². The summed E-state index contributed by atoms with van der Waals surface area (Å²) < 4.78 is 0. The zero-order valence-corrected chi connectivity index (χ0v) is 7.49. The fraction of sp³-hybridized carbons (Fsp3) is 0.875. The quantitative estimate of drug-likeness (QED) is 0.629. The van der Waals surface area contributed by atoms with Gasteiger partial charge in [0, 0.05) is 0 Å². The van der Waals surface area contributed by atoms with Gasteiger partial charge in [0.2, 0.25) is 0 Å². The minimum atomic E-state index is -0.0208. The highest BCUT2D eigenvalue weighted by Gasteiger charge is 2.26. The van der Waals surface area contributed by atoms with Crippen molar-refractivity contribution >= 4 is 5.78 Å². The summed E-state index contributed by atoms with van der Waals surface area (Å²) in [6, 6.07) is -0.0208. The Morgan fingerprint density at radius 2 is 1.80 bits per heavy atom. The Labute approximate surface area is 63.0 Å². The van der Waals surface area contributed by atoms with E-state index in [4.69, 9.17) is 0 Å². The first-order chi connectivity index (χ1) is 4.39. The minimum Gasteiger partial charge on any atom is -0.310 e. The van der Waals surface area contributed by atoms with Crippen LogP contribution in [0, 0.1) is 5.41 Å². The zero-order valence-electron chi connectivity index (χ0n) is 7.49. The topological polar surface area (TPSA) is 29.1 Å². The van der Waals surface area contributed by atoms with Crippen molar-refractivity contribution < 1.29 is 4.79 Å². The summed E-state index contributed by atoms with van der Waals surface area (Å²) in [5.74, 6) is 0.204. The molecule has 0 saturated heterocycles. The van der Waals surface area contributed by atoms with Crippen LogP contribution in [-0.4, -0.2) is 18.9 Å². The van der Waals surface area contributed by atoms with E-state index in [-0.39, 0.29) is 17.2 Å². The fourth-order valence-corrected chi connectivity index (χ4v) is 1.25. The number of carbonyl (C=O) groups excluding carboxylic acids is 1. The van der Waals surface area contributed by atoms with E-state index in [0.717, 1.165) is 0 Å². The molecule has 1 atom stereocenters. The molecule has 0 aliphatic heterocycles. The predicted octanol–water partition coefficient (Wildman–Crippen LogP) is 1.21. The lowest BCUT2D eigenvalue weighted by atomic mass is 9.85. The van der Waals surface area contributed by atoms with Gasteiger partial charge in [-0.2, -0.15) is 0 Å². The SMILES string of the molecule is CN[C@H](C(C)=O)C(C)(C)C. The zero-order chi connectivity index (χ0) is 8.36. The average molecular weight is 143 g/mol. The maximum absolute atomic E-state index is 11.0. The summed E-state index contributed by atoms with van der Waals surface area (Å²) in [5.41, 5.74) is 0.0284. The Kier molecular flexibility index (Phi) is 3.03. The standard InChI is InChI=1S/C8H17NO/c1-6(10)7(9-5)8(2,3)4/h7,9H,1-5H3/t7-/m1/s1. The molecule has 1 N–H and O–H groups in total. The van der Waals surface area contributed by atoms with Crippen molar-refractivity contribution in [3.05, 3.63) is 0 Å². The van der Waals surface area contributed by atoms with Crippen molar-refractivity contribution in [3.63, 3.8) is 0 Å². The summed E-state index contributed by atoms with van der Waals surface area (Å²) in [5, 5.41) is 2.99. The molecule has 2 nitrogen and oxygen atoms in total. The van der Waals surface area contributed by atoms with Crippen molar-refractivity contribution in [2.75, 3.05) is 7.05 Å². The molecule has 0 spiro atoms. The van der Waals surface area contributed by atoms with Gasteiger partial charge < -0.3 is 5.32 Å². The summed E-state index contributed by atoms with van der Waals surface area (Å²) in [4.78, 5) is 11.0. The van der Waals surface area contributed by atoms with Crippen molar-refractivity contribution in [1.29, 1.82) is 0 Å². The number of hydrogen-bond acceptors (Lipinski definition) is 2. The highest BCUT2D eigenvalue weighted by Crippen LogP contribution is 2.19. The molecule has 0 radical (unpaired) electrons. The molecule has 0 rings (SSSR count). The van der Waals surface area contributed by atoms with E-state index in [0.29, 0.717) is 0 Å². The van der Waals surface area contributed by atoms with Crippen LogP contribution in [0.3, 0.4) is 0 Å². The first kappa shape index (κ1) is 9.63. The lowest BCUT2D eigenvalue weighted by Crippen LogP contribution is -2.43. The second-order valence-electron chi connectivity index (χ2n) is 3.70. The summed E-state index contributed by atoms with van der Waals surface area (Å²) in [6.07, 6.45) is 0. The fourth-order valence-electron chi connectivity index (χ4n) is 1.25. The molecule has 0 aromatic rings. The first-order valence-corrected chi connectivity index (χ1v) is 3.57. The van der Waals surface area contributed by atoms with Gasteiger partial charge in [0.25, 0.3) is 0 Å².